The van der Waals surface area contributed by atoms with Crippen LogP contribution < -0.4 is 4.74 Å². The number of rotatable bonds is 3. The summed E-state index contributed by atoms with van der Waals surface area (Å²) in [6.07, 6.45) is 2.13. The summed E-state index contributed by atoms with van der Waals surface area (Å²) in [5, 5.41) is 9.20. The van der Waals surface area contributed by atoms with E-state index in [1.807, 2.05) is 24.3 Å². The highest BCUT2D eigenvalue weighted by Crippen LogP contribution is 2.37. The molecular weight excluding hydrogens is 316 g/mol. The fraction of sp³-hybridized carbons (Fsp3) is 0.294. The molecule has 2 nitrogen and oxygen atoms in total. The highest BCUT2D eigenvalue weighted by molar-refractivity contribution is 9.10. The molecule has 1 unspecified atom stereocenters. The molecule has 1 N–H and O–H groups in total. The number of hydrogen-bond acceptors (Lipinski definition) is 2. The lowest BCUT2D eigenvalue weighted by atomic mass is 10.1. The van der Waals surface area contributed by atoms with Crippen molar-refractivity contribution in [3.8, 4) is 5.75 Å². The van der Waals surface area contributed by atoms with E-state index in [1.54, 1.807) is 0 Å². The number of halogens is 1. The summed E-state index contributed by atoms with van der Waals surface area (Å²) in [4.78, 5) is 0. The van der Waals surface area contributed by atoms with E-state index in [2.05, 4.69) is 35.0 Å². The number of fused-ring (bicyclic) bond motifs is 1. The Morgan fingerprint density at radius 3 is 2.95 bits per heavy atom. The molecule has 1 aliphatic rings. The second-order valence-electron chi connectivity index (χ2n) is 5.20. The van der Waals surface area contributed by atoms with E-state index in [-0.39, 0.29) is 12.7 Å². The van der Waals surface area contributed by atoms with Gasteiger partial charge in [-0.15, -0.1) is 0 Å². The van der Waals surface area contributed by atoms with E-state index in [0.717, 1.165) is 34.2 Å². The highest BCUT2D eigenvalue weighted by atomic mass is 79.9. The van der Waals surface area contributed by atoms with Crippen molar-refractivity contribution in [2.24, 2.45) is 0 Å². The number of aliphatic hydroxyl groups excluding tert-OH is 1. The van der Waals surface area contributed by atoms with Gasteiger partial charge in [-0.1, -0.05) is 40.2 Å². The molecule has 0 spiro atoms. The monoisotopic (exact) mass is 332 g/mol. The number of benzene rings is 2. The molecule has 3 heteroatoms. The summed E-state index contributed by atoms with van der Waals surface area (Å²) in [6, 6.07) is 12.2. The van der Waals surface area contributed by atoms with Crippen molar-refractivity contribution < 1.29 is 9.84 Å². The predicted molar refractivity (Wildman–Crippen MR) is 82.9 cm³/mol. The van der Waals surface area contributed by atoms with Crippen LogP contribution in [0.15, 0.2) is 40.9 Å². The summed E-state index contributed by atoms with van der Waals surface area (Å²) in [6.45, 7) is 2.16. The van der Waals surface area contributed by atoms with Crippen LogP contribution in [0.5, 0.6) is 5.75 Å². The van der Waals surface area contributed by atoms with Crippen LogP contribution in [0, 0.1) is 6.92 Å². The van der Waals surface area contributed by atoms with Gasteiger partial charge in [0.1, 0.15) is 11.9 Å². The van der Waals surface area contributed by atoms with Gasteiger partial charge in [0.2, 0.25) is 0 Å². The molecule has 2 aromatic carbocycles. The Morgan fingerprint density at radius 2 is 2.15 bits per heavy atom. The first-order valence-electron chi connectivity index (χ1n) is 6.83. The molecule has 0 saturated carbocycles. The number of hydrogen-bond donors (Lipinski definition) is 1. The quantitative estimate of drug-likeness (QED) is 0.907. The average Bonchev–Trinajstić information content (AvgIpc) is 2.86. The zero-order valence-corrected chi connectivity index (χ0v) is 13.0. The topological polar surface area (TPSA) is 29.5 Å². The Morgan fingerprint density at radius 1 is 1.30 bits per heavy atom. The van der Waals surface area contributed by atoms with Crippen molar-refractivity contribution in [2.45, 2.75) is 32.5 Å². The van der Waals surface area contributed by atoms with Crippen LogP contribution in [0.1, 0.15) is 34.8 Å². The summed E-state index contributed by atoms with van der Waals surface area (Å²) in [5.74, 6) is 0.934. The van der Waals surface area contributed by atoms with E-state index in [1.165, 1.54) is 11.1 Å². The smallest absolute Gasteiger partial charge is 0.124 e. The largest absolute Gasteiger partial charge is 0.485 e. The minimum Gasteiger partial charge on any atom is -0.485 e. The van der Waals surface area contributed by atoms with Gasteiger partial charge < -0.3 is 9.84 Å². The van der Waals surface area contributed by atoms with Crippen molar-refractivity contribution in [1.82, 2.24) is 0 Å². The molecule has 2 aromatic rings. The zero-order chi connectivity index (χ0) is 14.1. The molecular formula is C17H17BrO2. The minimum absolute atomic E-state index is 0.101. The molecule has 3 rings (SSSR count). The SMILES string of the molecule is Cc1c(Br)cccc1OC1CCc2cc(CO)ccc21. The van der Waals surface area contributed by atoms with Gasteiger partial charge in [0, 0.05) is 10.0 Å². The Hall–Kier alpha value is -1.32. The first-order chi connectivity index (χ1) is 9.69. The second kappa shape index (κ2) is 5.58. The van der Waals surface area contributed by atoms with E-state index < -0.39 is 0 Å². The van der Waals surface area contributed by atoms with Crippen LogP contribution in [0.25, 0.3) is 0 Å². The van der Waals surface area contributed by atoms with Crippen LogP contribution in [0.4, 0.5) is 0 Å². The fourth-order valence-electron chi connectivity index (χ4n) is 2.72. The van der Waals surface area contributed by atoms with Crippen molar-refractivity contribution in [3.63, 3.8) is 0 Å². The molecule has 1 aliphatic carbocycles. The maximum atomic E-state index is 9.20. The van der Waals surface area contributed by atoms with Crippen LogP contribution >= 0.6 is 15.9 Å². The van der Waals surface area contributed by atoms with Gasteiger partial charge in [-0.3, -0.25) is 0 Å². The lowest BCUT2D eigenvalue weighted by Gasteiger charge is -2.17. The third-order valence-electron chi connectivity index (χ3n) is 3.90. The standard InChI is InChI=1S/C17H17BrO2/c1-11-15(18)3-2-4-16(11)20-17-8-6-13-9-12(10-19)5-7-14(13)17/h2-5,7,9,17,19H,6,8,10H2,1H3. The first kappa shape index (κ1) is 13.7. The molecule has 0 amide bonds. The summed E-state index contributed by atoms with van der Waals surface area (Å²) in [5.41, 5.74) is 4.66. The molecule has 104 valence electrons. The zero-order valence-electron chi connectivity index (χ0n) is 11.4. The maximum Gasteiger partial charge on any atom is 0.124 e. The van der Waals surface area contributed by atoms with E-state index >= 15 is 0 Å². The van der Waals surface area contributed by atoms with Gasteiger partial charge in [0.25, 0.3) is 0 Å². The Balaban J connectivity index is 1.86. The van der Waals surface area contributed by atoms with Gasteiger partial charge in [0.15, 0.2) is 0 Å². The van der Waals surface area contributed by atoms with E-state index in [0.29, 0.717) is 0 Å². The number of aliphatic hydroxyl groups is 1. The van der Waals surface area contributed by atoms with E-state index in [9.17, 15) is 5.11 Å². The van der Waals surface area contributed by atoms with Gasteiger partial charge in [-0.05, 0) is 48.6 Å². The Kier molecular flexibility index (Phi) is 3.81. The van der Waals surface area contributed by atoms with Gasteiger partial charge in [0.05, 0.1) is 6.61 Å². The van der Waals surface area contributed by atoms with Crippen molar-refractivity contribution in [1.29, 1.82) is 0 Å². The molecule has 0 heterocycles. The van der Waals surface area contributed by atoms with Gasteiger partial charge in [-0.25, -0.2) is 0 Å². The van der Waals surface area contributed by atoms with Crippen LogP contribution in [0.2, 0.25) is 0 Å². The molecule has 0 radical (unpaired) electrons. The summed E-state index contributed by atoms with van der Waals surface area (Å²) >= 11 is 3.54. The second-order valence-corrected chi connectivity index (χ2v) is 6.05. The lowest BCUT2D eigenvalue weighted by molar-refractivity contribution is 0.206. The molecule has 0 bridgehead atoms. The minimum atomic E-state index is 0.101. The summed E-state index contributed by atoms with van der Waals surface area (Å²) in [7, 11) is 0. The predicted octanol–water partition coefficient (Wildman–Crippen LogP) is 4.32. The van der Waals surface area contributed by atoms with Gasteiger partial charge >= 0.3 is 0 Å². The van der Waals surface area contributed by atoms with E-state index in [4.69, 9.17) is 4.74 Å². The van der Waals surface area contributed by atoms with Crippen molar-refractivity contribution in [2.75, 3.05) is 0 Å². The number of ether oxygens (including phenoxy) is 1. The molecule has 0 aliphatic heterocycles. The molecule has 0 aromatic heterocycles. The van der Waals surface area contributed by atoms with Crippen LogP contribution in [0.3, 0.4) is 0 Å². The lowest BCUT2D eigenvalue weighted by Crippen LogP contribution is -2.04. The average molecular weight is 333 g/mol. The highest BCUT2D eigenvalue weighted by Gasteiger charge is 2.24. The molecule has 0 saturated heterocycles. The van der Waals surface area contributed by atoms with Crippen molar-refractivity contribution >= 4 is 15.9 Å². The first-order valence-corrected chi connectivity index (χ1v) is 7.62. The summed E-state index contributed by atoms with van der Waals surface area (Å²) < 4.78 is 7.27. The van der Waals surface area contributed by atoms with Crippen LogP contribution in [-0.4, -0.2) is 5.11 Å². The normalized spacial score (nSPS) is 17.1. The molecule has 20 heavy (non-hydrogen) atoms. The van der Waals surface area contributed by atoms with Gasteiger partial charge in [-0.2, -0.15) is 0 Å². The van der Waals surface area contributed by atoms with Crippen LogP contribution in [-0.2, 0) is 13.0 Å². The Labute approximate surface area is 127 Å². The fourth-order valence-corrected chi connectivity index (χ4v) is 3.07. The third-order valence-corrected chi connectivity index (χ3v) is 4.76. The molecule has 0 fully saturated rings. The maximum absolute atomic E-state index is 9.20. The number of aryl methyl sites for hydroxylation is 1. The third kappa shape index (κ3) is 2.48. The van der Waals surface area contributed by atoms with Crippen molar-refractivity contribution in [3.05, 3.63) is 63.1 Å². The Bertz CT molecular complexity index is 637. The molecule has 1 atom stereocenters.